The Morgan fingerprint density at radius 3 is 1.76 bits per heavy atom. The van der Waals surface area contributed by atoms with Gasteiger partial charge in [0.05, 0.1) is 0 Å². The Morgan fingerprint density at radius 1 is 0.492 bits per heavy atom. The predicted molar refractivity (Wildman–Crippen MR) is 261 cm³/mol. The maximum atomic E-state index is 6.18. The van der Waals surface area contributed by atoms with Crippen molar-refractivity contribution in [2.24, 2.45) is 0 Å². The van der Waals surface area contributed by atoms with Crippen LogP contribution in [-0.4, -0.2) is 0 Å². The SMILES string of the molecule is CC.CCCC.CCc1ccc(-c2cccc3c4c(oc23)CCC=C4)cc1.Cc1ccc(-c2ccc(C)c(-c3ccccc3C)c2)cc1.Cc1cccc2ccccc12. The Kier molecular flexibility index (Phi) is 16.7. The lowest BCUT2D eigenvalue weighted by Crippen LogP contribution is -1.88. The molecule has 8 aromatic rings. The number of allylic oxidation sites excluding steroid dienone is 1. The summed E-state index contributed by atoms with van der Waals surface area (Å²) in [6.45, 7) is 19.2. The molecular formula is C58H64O. The third-order valence-electron chi connectivity index (χ3n) is 10.9. The molecule has 1 heterocycles. The van der Waals surface area contributed by atoms with Crippen LogP contribution >= 0.6 is 0 Å². The zero-order chi connectivity index (χ0) is 42.1. The molecule has 0 amide bonds. The maximum Gasteiger partial charge on any atom is 0.142 e. The molecule has 1 aliphatic carbocycles. The fourth-order valence-corrected chi connectivity index (χ4v) is 7.22. The van der Waals surface area contributed by atoms with E-state index < -0.39 is 0 Å². The Hall–Kier alpha value is -5.92. The molecule has 59 heavy (non-hydrogen) atoms. The van der Waals surface area contributed by atoms with E-state index in [2.05, 4.69) is 212 Å². The van der Waals surface area contributed by atoms with Gasteiger partial charge in [0.15, 0.2) is 0 Å². The highest BCUT2D eigenvalue weighted by atomic mass is 16.3. The molecule has 1 nitrogen and oxygen atoms in total. The molecule has 0 saturated heterocycles. The van der Waals surface area contributed by atoms with E-state index in [1.54, 1.807) is 0 Å². The topological polar surface area (TPSA) is 13.1 Å². The molecule has 0 radical (unpaired) electrons. The largest absolute Gasteiger partial charge is 0.460 e. The highest BCUT2D eigenvalue weighted by Crippen LogP contribution is 2.37. The van der Waals surface area contributed by atoms with Crippen LogP contribution in [0.3, 0.4) is 0 Å². The molecule has 0 bridgehead atoms. The molecule has 0 N–H and O–H groups in total. The average molecular weight is 777 g/mol. The number of benzene rings is 7. The summed E-state index contributed by atoms with van der Waals surface area (Å²) < 4.78 is 6.18. The van der Waals surface area contributed by atoms with Crippen molar-refractivity contribution in [2.75, 3.05) is 0 Å². The number of aryl methyl sites for hydroxylation is 6. The lowest BCUT2D eigenvalue weighted by Gasteiger charge is -2.12. The summed E-state index contributed by atoms with van der Waals surface area (Å²) in [7, 11) is 0. The van der Waals surface area contributed by atoms with Crippen LogP contribution in [-0.2, 0) is 12.8 Å². The predicted octanol–water partition coefficient (Wildman–Crippen LogP) is 17.5. The van der Waals surface area contributed by atoms with Crippen LogP contribution in [0.2, 0.25) is 0 Å². The van der Waals surface area contributed by atoms with E-state index in [-0.39, 0.29) is 0 Å². The number of unbranched alkanes of at least 4 members (excludes halogenated alkanes) is 1. The Bertz CT molecular complexity index is 2540. The number of hydrogen-bond acceptors (Lipinski definition) is 1. The standard InChI is InChI=1S/C21H20.C20H18O.C11H10.C4H10.C2H6/c1-15-8-11-18(12-9-15)19-13-10-17(3)21(14-19)20-7-5-4-6-16(20)2;1-2-14-10-12-15(13-11-14)16-7-5-8-18-17-6-3-4-9-19(17)21-20(16)18;1-9-5-4-7-10-6-2-3-8-11(9)10;1-3-4-2;1-2/h4-14H,1-3H3;3,5-8,10-13H,2,4,9H2,1H3;2-8H,1H3;3-4H2,1-2H3;1-2H3. The van der Waals surface area contributed by atoms with Crippen molar-refractivity contribution in [3.8, 4) is 33.4 Å². The Labute approximate surface area is 355 Å². The number of rotatable bonds is 5. The highest BCUT2D eigenvalue weighted by Gasteiger charge is 2.17. The van der Waals surface area contributed by atoms with Crippen LogP contribution in [0, 0.1) is 27.7 Å². The molecule has 1 heteroatoms. The molecule has 7 aromatic carbocycles. The summed E-state index contributed by atoms with van der Waals surface area (Å²) in [4.78, 5) is 0. The Balaban J connectivity index is 0.000000164. The van der Waals surface area contributed by atoms with Crippen molar-refractivity contribution in [2.45, 2.75) is 94.4 Å². The fraction of sp³-hybridized carbons (Fsp3) is 0.241. The molecule has 0 atom stereocenters. The van der Waals surface area contributed by atoms with Gasteiger partial charge in [-0.15, -0.1) is 0 Å². The molecule has 0 saturated carbocycles. The van der Waals surface area contributed by atoms with Crippen molar-refractivity contribution in [3.63, 3.8) is 0 Å². The smallest absolute Gasteiger partial charge is 0.142 e. The quantitative estimate of drug-likeness (QED) is 0.170. The van der Waals surface area contributed by atoms with Gasteiger partial charge in [-0.2, -0.15) is 0 Å². The van der Waals surface area contributed by atoms with E-state index in [1.807, 2.05) is 13.8 Å². The van der Waals surface area contributed by atoms with E-state index >= 15 is 0 Å². The van der Waals surface area contributed by atoms with Gasteiger partial charge < -0.3 is 4.42 Å². The number of furan rings is 1. The lowest BCUT2D eigenvalue weighted by atomic mass is 9.93. The second-order valence-corrected chi connectivity index (χ2v) is 15.1. The Morgan fingerprint density at radius 2 is 1.07 bits per heavy atom. The summed E-state index contributed by atoms with van der Waals surface area (Å²) in [5.41, 5.74) is 16.6. The molecule has 302 valence electrons. The highest BCUT2D eigenvalue weighted by molar-refractivity contribution is 5.98. The van der Waals surface area contributed by atoms with E-state index in [0.29, 0.717) is 0 Å². The molecular weight excluding hydrogens is 713 g/mol. The van der Waals surface area contributed by atoms with Crippen LogP contribution in [0.1, 0.15) is 93.0 Å². The van der Waals surface area contributed by atoms with Gasteiger partial charge in [0.2, 0.25) is 0 Å². The van der Waals surface area contributed by atoms with E-state index in [1.165, 1.54) is 95.8 Å². The maximum absolute atomic E-state index is 6.18. The zero-order valence-electron chi connectivity index (χ0n) is 37.0. The molecule has 9 rings (SSSR count). The molecule has 0 aliphatic heterocycles. The first kappa shape index (κ1) is 44.2. The third kappa shape index (κ3) is 11.4. The zero-order valence-corrected chi connectivity index (χ0v) is 37.0. The summed E-state index contributed by atoms with van der Waals surface area (Å²) >= 11 is 0. The summed E-state index contributed by atoms with van der Waals surface area (Å²) in [6.07, 6.45) is 10.2. The van der Waals surface area contributed by atoms with Gasteiger partial charge >= 0.3 is 0 Å². The summed E-state index contributed by atoms with van der Waals surface area (Å²) in [5, 5.41) is 3.92. The number of fused-ring (bicyclic) bond motifs is 4. The van der Waals surface area contributed by atoms with Gasteiger partial charge in [0.25, 0.3) is 0 Å². The van der Waals surface area contributed by atoms with Crippen LogP contribution in [0.15, 0.2) is 162 Å². The first-order valence-electron chi connectivity index (χ1n) is 21.8. The van der Waals surface area contributed by atoms with Gasteiger partial charge in [0.1, 0.15) is 11.3 Å². The fourth-order valence-electron chi connectivity index (χ4n) is 7.22. The molecule has 1 aliphatic rings. The van der Waals surface area contributed by atoms with Gasteiger partial charge in [-0.25, -0.2) is 0 Å². The van der Waals surface area contributed by atoms with Gasteiger partial charge in [-0.05, 0) is 107 Å². The minimum absolute atomic E-state index is 1.01. The minimum atomic E-state index is 1.01. The van der Waals surface area contributed by atoms with Crippen molar-refractivity contribution >= 4 is 27.8 Å². The summed E-state index contributed by atoms with van der Waals surface area (Å²) in [5.74, 6) is 1.13. The molecule has 0 fully saturated rings. The lowest BCUT2D eigenvalue weighted by molar-refractivity contribution is 0.547. The van der Waals surface area contributed by atoms with Gasteiger partial charge in [-0.1, -0.05) is 211 Å². The van der Waals surface area contributed by atoms with E-state index in [4.69, 9.17) is 4.42 Å². The van der Waals surface area contributed by atoms with Crippen LogP contribution in [0.4, 0.5) is 0 Å². The van der Waals surface area contributed by atoms with Crippen molar-refractivity contribution < 1.29 is 4.42 Å². The van der Waals surface area contributed by atoms with E-state index in [0.717, 1.165) is 30.6 Å². The third-order valence-corrected chi connectivity index (χ3v) is 10.9. The summed E-state index contributed by atoms with van der Waals surface area (Å²) in [6, 6.07) is 54.1. The molecule has 1 aromatic heterocycles. The van der Waals surface area contributed by atoms with Gasteiger partial charge in [0, 0.05) is 22.9 Å². The normalized spacial score (nSPS) is 11.1. The van der Waals surface area contributed by atoms with Crippen LogP contribution in [0.25, 0.3) is 61.2 Å². The minimum Gasteiger partial charge on any atom is -0.460 e. The van der Waals surface area contributed by atoms with Crippen molar-refractivity contribution in [1.82, 2.24) is 0 Å². The first-order valence-corrected chi connectivity index (χ1v) is 21.8. The second-order valence-electron chi connectivity index (χ2n) is 15.1. The van der Waals surface area contributed by atoms with Crippen molar-refractivity contribution in [3.05, 3.63) is 197 Å². The van der Waals surface area contributed by atoms with Crippen LogP contribution in [0.5, 0.6) is 0 Å². The monoisotopic (exact) mass is 776 g/mol. The van der Waals surface area contributed by atoms with Gasteiger partial charge in [-0.3, -0.25) is 0 Å². The molecule has 0 unspecified atom stereocenters. The van der Waals surface area contributed by atoms with Crippen molar-refractivity contribution in [1.29, 1.82) is 0 Å². The number of hydrogen-bond donors (Lipinski definition) is 0. The van der Waals surface area contributed by atoms with E-state index in [9.17, 15) is 0 Å². The van der Waals surface area contributed by atoms with Crippen LogP contribution < -0.4 is 0 Å². The average Bonchev–Trinajstić information content (AvgIpc) is 3.68. The molecule has 0 spiro atoms. The second kappa shape index (κ2) is 22.3. The number of para-hydroxylation sites is 1. The first-order chi connectivity index (χ1) is 28.8.